The van der Waals surface area contributed by atoms with Gasteiger partial charge in [0.15, 0.2) is 11.5 Å². The van der Waals surface area contributed by atoms with Gasteiger partial charge in [-0.2, -0.15) is 13.2 Å². The van der Waals surface area contributed by atoms with E-state index in [0.717, 1.165) is 28.9 Å². The van der Waals surface area contributed by atoms with E-state index in [-0.39, 0.29) is 17.2 Å². The van der Waals surface area contributed by atoms with Gasteiger partial charge in [-0.05, 0) is 36.4 Å². The molecule has 9 nitrogen and oxygen atoms in total. The molecule has 0 atom stereocenters. The third-order valence-electron chi connectivity index (χ3n) is 4.00. The quantitative estimate of drug-likeness (QED) is 0.513. The van der Waals surface area contributed by atoms with Gasteiger partial charge in [0.2, 0.25) is 5.91 Å². The fraction of sp³-hybridized carbons (Fsp3) is 0.105. The number of carbonyl (C=O) groups is 3. The summed E-state index contributed by atoms with van der Waals surface area (Å²) < 4.78 is 38.3. The molecule has 3 rings (SSSR count). The number of carbonyl (C=O) groups excluding carboxylic acids is 3. The highest BCUT2D eigenvalue weighted by molar-refractivity contribution is 6.05. The Hall–Kier alpha value is -4.22. The van der Waals surface area contributed by atoms with Crippen LogP contribution in [0.3, 0.4) is 0 Å². The van der Waals surface area contributed by atoms with Crippen molar-refractivity contribution in [2.24, 2.45) is 0 Å². The minimum atomic E-state index is -4.99. The molecule has 4 N–H and O–H groups in total. The number of anilines is 3. The van der Waals surface area contributed by atoms with Crippen molar-refractivity contribution in [2.75, 3.05) is 16.4 Å². The zero-order chi connectivity index (χ0) is 22.6. The topological polar surface area (TPSA) is 132 Å². The highest BCUT2D eigenvalue weighted by Gasteiger charge is 2.39. The van der Waals surface area contributed by atoms with Gasteiger partial charge in [-0.15, -0.1) is 5.10 Å². The number of ketones is 1. The molecule has 160 valence electrons. The summed E-state index contributed by atoms with van der Waals surface area (Å²) in [4.78, 5) is 35.6. The van der Waals surface area contributed by atoms with E-state index >= 15 is 0 Å². The lowest BCUT2D eigenvalue weighted by Gasteiger charge is -2.08. The fourth-order valence-corrected chi connectivity index (χ4v) is 2.52. The van der Waals surface area contributed by atoms with Gasteiger partial charge in [-0.1, -0.05) is 23.4 Å². The molecular formula is C19H15F3N6O3. The van der Waals surface area contributed by atoms with E-state index in [0.29, 0.717) is 5.69 Å². The van der Waals surface area contributed by atoms with Gasteiger partial charge in [0.25, 0.3) is 11.7 Å². The predicted molar refractivity (Wildman–Crippen MR) is 104 cm³/mol. The van der Waals surface area contributed by atoms with Crippen LogP contribution in [0.25, 0.3) is 0 Å². The molecule has 0 saturated heterocycles. The number of halogens is 3. The summed E-state index contributed by atoms with van der Waals surface area (Å²) in [7, 11) is 0. The summed E-state index contributed by atoms with van der Waals surface area (Å²) in [5.74, 6) is -3.36. The van der Waals surface area contributed by atoms with Gasteiger partial charge >= 0.3 is 6.18 Å². The van der Waals surface area contributed by atoms with Gasteiger partial charge < -0.3 is 16.4 Å². The molecule has 0 fully saturated rings. The number of para-hydroxylation sites is 1. The predicted octanol–water partition coefficient (Wildman–Crippen LogP) is 2.50. The number of rotatable bonds is 6. The number of hydrogen-bond acceptors (Lipinski definition) is 6. The van der Waals surface area contributed by atoms with Crippen molar-refractivity contribution in [1.29, 1.82) is 0 Å². The number of alkyl halides is 3. The Balaban J connectivity index is 1.62. The van der Waals surface area contributed by atoms with E-state index in [1.54, 1.807) is 30.3 Å². The molecule has 0 radical (unpaired) electrons. The highest BCUT2D eigenvalue weighted by Crippen LogP contribution is 2.22. The fourth-order valence-electron chi connectivity index (χ4n) is 2.52. The molecule has 0 aliphatic carbocycles. The van der Waals surface area contributed by atoms with Crippen LogP contribution in [-0.2, 0) is 11.3 Å². The SMILES string of the molecule is Nc1c(C(=O)Nc2ccccc2)nnn1CC(=O)Nc1ccc(C(=O)C(F)(F)F)cc1. The lowest BCUT2D eigenvalue weighted by molar-refractivity contribution is -0.116. The third-order valence-corrected chi connectivity index (χ3v) is 4.00. The Labute approximate surface area is 173 Å². The molecule has 1 heterocycles. The number of nitrogens with two attached hydrogens (primary N) is 1. The van der Waals surface area contributed by atoms with Crippen LogP contribution in [0.4, 0.5) is 30.4 Å². The Bertz CT molecular complexity index is 1110. The van der Waals surface area contributed by atoms with Crippen molar-refractivity contribution in [2.45, 2.75) is 12.7 Å². The first-order chi connectivity index (χ1) is 14.6. The molecule has 0 spiro atoms. The number of Topliss-reactive ketones (excluding diaryl/α,β-unsaturated/α-hetero) is 1. The minimum Gasteiger partial charge on any atom is -0.382 e. The zero-order valence-electron chi connectivity index (χ0n) is 15.7. The smallest absolute Gasteiger partial charge is 0.382 e. The second-order valence-electron chi connectivity index (χ2n) is 6.25. The lowest BCUT2D eigenvalue weighted by atomic mass is 10.1. The normalized spacial score (nSPS) is 11.1. The van der Waals surface area contributed by atoms with Gasteiger partial charge in [0.1, 0.15) is 6.54 Å². The van der Waals surface area contributed by atoms with E-state index in [9.17, 15) is 27.6 Å². The van der Waals surface area contributed by atoms with Crippen molar-refractivity contribution >= 4 is 34.8 Å². The first-order valence-electron chi connectivity index (χ1n) is 8.72. The molecule has 2 amide bonds. The molecular weight excluding hydrogens is 417 g/mol. The summed E-state index contributed by atoms with van der Waals surface area (Å²) in [6.45, 7) is -0.402. The van der Waals surface area contributed by atoms with Crippen LogP contribution in [0.1, 0.15) is 20.8 Å². The van der Waals surface area contributed by atoms with Gasteiger partial charge in [-0.25, -0.2) is 4.68 Å². The van der Waals surface area contributed by atoms with E-state index in [1.165, 1.54) is 0 Å². The van der Waals surface area contributed by atoms with Gasteiger partial charge in [0, 0.05) is 16.9 Å². The number of nitrogen functional groups attached to an aromatic ring is 1. The van der Waals surface area contributed by atoms with Crippen molar-refractivity contribution in [1.82, 2.24) is 15.0 Å². The van der Waals surface area contributed by atoms with E-state index < -0.39 is 35.9 Å². The average molecular weight is 432 g/mol. The van der Waals surface area contributed by atoms with Crippen molar-refractivity contribution < 1.29 is 27.6 Å². The summed E-state index contributed by atoms with van der Waals surface area (Å²) in [6, 6.07) is 12.8. The summed E-state index contributed by atoms with van der Waals surface area (Å²) >= 11 is 0. The molecule has 0 aliphatic heterocycles. The number of benzene rings is 2. The van der Waals surface area contributed by atoms with Crippen LogP contribution in [0.5, 0.6) is 0 Å². The Kier molecular flexibility index (Phi) is 6.00. The third kappa shape index (κ3) is 5.23. The van der Waals surface area contributed by atoms with E-state index in [2.05, 4.69) is 20.9 Å². The lowest BCUT2D eigenvalue weighted by Crippen LogP contribution is -2.23. The molecule has 0 saturated carbocycles. The van der Waals surface area contributed by atoms with E-state index in [1.807, 2.05) is 0 Å². The van der Waals surface area contributed by atoms with Crippen LogP contribution >= 0.6 is 0 Å². The highest BCUT2D eigenvalue weighted by atomic mass is 19.4. The van der Waals surface area contributed by atoms with Crippen LogP contribution in [0.2, 0.25) is 0 Å². The standard InChI is InChI=1S/C19H15F3N6O3/c20-19(21,22)16(30)11-6-8-13(9-7-11)24-14(29)10-28-17(23)15(26-27-28)18(31)25-12-4-2-1-3-5-12/h1-9H,10,23H2,(H,24,29)(H,25,31). The van der Waals surface area contributed by atoms with Crippen molar-refractivity contribution in [3.05, 3.63) is 65.9 Å². The maximum Gasteiger partial charge on any atom is 0.454 e. The van der Waals surface area contributed by atoms with Crippen molar-refractivity contribution in [3.8, 4) is 0 Å². The number of amides is 2. The monoisotopic (exact) mass is 432 g/mol. The molecule has 31 heavy (non-hydrogen) atoms. The molecule has 1 aromatic heterocycles. The van der Waals surface area contributed by atoms with Crippen LogP contribution < -0.4 is 16.4 Å². The maximum atomic E-state index is 12.4. The molecule has 12 heteroatoms. The largest absolute Gasteiger partial charge is 0.454 e. The summed E-state index contributed by atoms with van der Waals surface area (Å²) in [5.41, 5.74) is 5.79. The number of hydrogen-bond donors (Lipinski definition) is 3. The molecule has 0 aliphatic rings. The number of aromatic nitrogens is 3. The van der Waals surface area contributed by atoms with Crippen molar-refractivity contribution in [3.63, 3.8) is 0 Å². The second-order valence-corrected chi connectivity index (χ2v) is 6.25. The minimum absolute atomic E-state index is 0.144. The molecule has 0 unspecified atom stereocenters. The van der Waals surface area contributed by atoms with Crippen LogP contribution in [0, 0.1) is 0 Å². The Morgan fingerprint density at radius 3 is 2.16 bits per heavy atom. The van der Waals surface area contributed by atoms with Gasteiger partial charge in [0.05, 0.1) is 0 Å². The zero-order valence-corrected chi connectivity index (χ0v) is 15.7. The average Bonchev–Trinajstić information content (AvgIpc) is 3.08. The first-order valence-corrected chi connectivity index (χ1v) is 8.72. The first kappa shape index (κ1) is 21.5. The Morgan fingerprint density at radius 1 is 0.935 bits per heavy atom. The second kappa shape index (κ2) is 8.65. The van der Waals surface area contributed by atoms with Gasteiger partial charge in [-0.3, -0.25) is 14.4 Å². The molecule has 0 bridgehead atoms. The molecule has 2 aromatic carbocycles. The Morgan fingerprint density at radius 2 is 1.55 bits per heavy atom. The summed E-state index contributed by atoms with van der Waals surface area (Å²) in [5, 5.41) is 12.4. The van der Waals surface area contributed by atoms with E-state index in [4.69, 9.17) is 5.73 Å². The van der Waals surface area contributed by atoms with Crippen LogP contribution in [-0.4, -0.2) is 38.8 Å². The van der Waals surface area contributed by atoms with Crippen LogP contribution in [0.15, 0.2) is 54.6 Å². The number of nitrogens with zero attached hydrogens (tertiary/aromatic N) is 3. The summed E-state index contributed by atoms with van der Waals surface area (Å²) in [6.07, 6.45) is -4.99. The number of nitrogens with one attached hydrogen (secondary N) is 2. The molecule has 3 aromatic rings. The maximum absolute atomic E-state index is 12.4.